The van der Waals surface area contributed by atoms with E-state index in [0.29, 0.717) is 22.6 Å². The molecule has 2 aromatic rings. The Morgan fingerprint density at radius 3 is 2.74 bits per heavy atom. The van der Waals surface area contributed by atoms with E-state index in [0.717, 1.165) is 5.56 Å². The maximum atomic E-state index is 12.5. The van der Waals surface area contributed by atoms with Crippen molar-refractivity contribution >= 4 is 17.5 Å². The number of ether oxygens (including phenoxy) is 2. The van der Waals surface area contributed by atoms with Crippen molar-refractivity contribution in [2.75, 3.05) is 7.11 Å². The van der Waals surface area contributed by atoms with E-state index in [4.69, 9.17) is 9.47 Å². The van der Waals surface area contributed by atoms with Crippen LogP contribution >= 0.6 is 0 Å². The van der Waals surface area contributed by atoms with Crippen LogP contribution in [0.4, 0.5) is 5.69 Å². The van der Waals surface area contributed by atoms with Gasteiger partial charge in [0.05, 0.1) is 17.6 Å². The molecular weight excluding hydrogens is 298 g/mol. The molecule has 0 unspecified atom stereocenters. The molecule has 3 rings (SSSR count). The van der Waals surface area contributed by atoms with Gasteiger partial charge in [-0.3, -0.25) is 14.9 Å². The Bertz CT molecular complexity index is 854. The fourth-order valence-electron chi connectivity index (χ4n) is 2.47. The molecule has 0 saturated heterocycles. The number of Topliss-reactive ketones (excluding diaryl/α,β-unsaturated/α-hetero) is 1. The Morgan fingerprint density at radius 2 is 2.04 bits per heavy atom. The minimum absolute atomic E-state index is 0.0415. The van der Waals surface area contributed by atoms with Crippen molar-refractivity contribution in [1.82, 2.24) is 0 Å². The van der Waals surface area contributed by atoms with Gasteiger partial charge in [-0.25, -0.2) is 0 Å². The number of methoxy groups -OCH3 is 1. The molecule has 1 heterocycles. The summed E-state index contributed by atoms with van der Waals surface area (Å²) in [5.41, 5.74) is 1.73. The fraction of sp³-hybridized carbons (Fsp3) is 0.118. The summed E-state index contributed by atoms with van der Waals surface area (Å²) in [6.45, 7) is 1.80. The number of rotatable bonds is 3. The number of carbonyl (C=O) groups excluding carboxylic acids is 1. The Kier molecular flexibility index (Phi) is 3.57. The van der Waals surface area contributed by atoms with Crippen molar-refractivity contribution in [3.05, 3.63) is 69.0 Å². The first-order valence-electron chi connectivity index (χ1n) is 6.87. The van der Waals surface area contributed by atoms with Crippen LogP contribution in [0.5, 0.6) is 11.5 Å². The molecule has 6 heteroatoms. The van der Waals surface area contributed by atoms with Crippen molar-refractivity contribution in [2.24, 2.45) is 0 Å². The summed E-state index contributed by atoms with van der Waals surface area (Å²) in [6.07, 6.45) is 1.50. The average Bonchev–Trinajstić information content (AvgIpc) is 2.84. The molecule has 116 valence electrons. The number of nitrogens with zero attached hydrogens (tertiary/aromatic N) is 1. The molecule has 1 aliphatic rings. The molecule has 0 radical (unpaired) electrons. The highest BCUT2D eigenvalue weighted by atomic mass is 16.6. The predicted molar refractivity (Wildman–Crippen MR) is 83.8 cm³/mol. The molecule has 0 atom stereocenters. The smallest absolute Gasteiger partial charge is 0.270 e. The lowest BCUT2D eigenvalue weighted by Crippen LogP contribution is -1.99. The van der Waals surface area contributed by atoms with Gasteiger partial charge in [-0.15, -0.1) is 0 Å². The normalized spacial score (nSPS) is 14.5. The van der Waals surface area contributed by atoms with E-state index in [9.17, 15) is 14.9 Å². The Balaban J connectivity index is 2.00. The summed E-state index contributed by atoms with van der Waals surface area (Å²) in [5, 5.41) is 10.8. The lowest BCUT2D eigenvalue weighted by molar-refractivity contribution is -0.384. The Morgan fingerprint density at radius 1 is 1.26 bits per heavy atom. The number of aryl methyl sites for hydroxylation is 1. The van der Waals surface area contributed by atoms with Gasteiger partial charge in [0, 0.05) is 18.2 Å². The van der Waals surface area contributed by atoms with Crippen LogP contribution in [0.2, 0.25) is 0 Å². The van der Waals surface area contributed by atoms with E-state index in [1.807, 2.05) is 0 Å². The molecule has 0 spiro atoms. The summed E-state index contributed by atoms with van der Waals surface area (Å²) >= 11 is 0. The standard InChI is InChI=1S/C17H13NO5/c1-10-6-13(22-2)9-14-16(10)17(19)15(23-14)8-11-4-3-5-12(7-11)18(20)21/h3-9H,1-2H3/b15-8-. The van der Waals surface area contributed by atoms with Gasteiger partial charge in [-0.2, -0.15) is 0 Å². The van der Waals surface area contributed by atoms with Crippen molar-refractivity contribution < 1.29 is 19.2 Å². The first-order chi connectivity index (χ1) is 11.0. The zero-order valence-corrected chi connectivity index (χ0v) is 12.5. The molecule has 0 N–H and O–H groups in total. The minimum Gasteiger partial charge on any atom is -0.497 e. The lowest BCUT2D eigenvalue weighted by Gasteiger charge is -2.04. The third-order valence-electron chi connectivity index (χ3n) is 3.56. The van der Waals surface area contributed by atoms with Crippen LogP contribution in [0, 0.1) is 17.0 Å². The number of allylic oxidation sites excluding steroid dienone is 1. The zero-order valence-electron chi connectivity index (χ0n) is 12.5. The van der Waals surface area contributed by atoms with Crippen LogP contribution in [-0.2, 0) is 0 Å². The van der Waals surface area contributed by atoms with Gasteiger partial charge in [0.15, 0.2) is 5.76 Å². The topological polar surface area (TPSA) is 78.7 Å². The van der Waals surface area contributed by atoms with Crippen LogP contribution in [0.3, 0.4) is 0 Å². The second-order valence-corrected chi connectivity index (χ2v) is 5.11. The molecule has 0 aromatic heterocycles. The summed E-state index contributed by atoms with van der Waals surface area (Å²) in [4.78, 5) is 22.8. The quantitative estimate of drug-likeness (QED) is 0.492. The third kappa shape index (κ3) is 2.66. The van der Waals surface area contributed by atoms with E-state index < -0.39 is 4.92 Å². The second kappa shape index (κ2) is 5.57. The number of hydrogen-bond acceptors (Lipinski definition) is 5. The Labute approximate surface area is 132 Å². The number of benzene rings is 2. The lowest BCUT2D eigenvalue weighted by atomic mass is 10.0. The molecule has 6 nitrogen and oxygen atoms in total. The summed E-state index contributed by atoms with van der Waals surface area (Å²) < 4.78 is 10.8. The van der Waals surface area contributed by atoms with Crippen molar-refractivity contribution in [3.8, 4) is 11.5 Å². The van der Waals surface area contributed by atoms with Gasteiger partial charge in [-0.05, 0) is 30.2 Å². The second-order valence-electron chi connectivity index (χ2n) is 5.11. The first-order valence-corrected chi connectivity index (χ1v) is 6.87. The monoisotopic (exact) mass is 311 g/mol. The maximum Gasteiger partial charge on any atom is 0.270 e. The van der Waals surface area contributed by atoms with Gasteiger partial charge in [0.2, 0.25) is 5.78 Å². The van der Waals surface area contributed by atoms with Crippen LogP contribution in [0.1, 0.15) is 21.5 Å². The molecule has 0 fully saturated rings. The maximum absolute atomic E-state index is 12.5. The van der Waals surface area contributed by atoms with E-state index >= 15 is 0 Å². The summed E-state index contributed by atoms with van der Waals surface area (Å²) in [6, 6.07) is 9.42. The van der Waals surface area contributed by atoms with Crippen LogP contribution in [0.15, 0.2) is 42.2 Å². The van der Waals surface area contributed by atoms with Gasteiger partial charge in [0.25, 0.3) is 5.69 Å². The molecule has 2 aromatic carbocycles. The number of fused-ring (bicyclic) bond motifs is 1. The number of hydrogen-bond donors (Lipinski definition) is 0. The van der Waals surface area contributed by atoms with Crippen molar-refractivity contribution in [2.45, 2.75) is 6.92 Å². The highest BCUT2D eigenvalue weighted by Crippen LogP contribution is 2.37. The minimum atomic E-state index is -0.483. The van der Waals surface area contributed by atoms with Gasteiger partial charge in [-0.1, -0.05) is 12.1 Å². The molecule has 23 heavy (non-hydrogen) atoms. The van der Waals surface area contributed by atoms with E-state index in [1.165, 1.54) is 25.3 Å². The molecule has 0 saturated carbocycles. The number of nitro benzene ring substituents is 1. The third-order valence-corrected chi connectivity index (χ3v) is 3.56. The summed E-state index contributed by atoms with van der Waals surface area (Å²) in [5.74, 6) is 0.928. The number of non-ortho nitro benzene ring substituents is 1. The van der Waals surface area contributed by atoms with Crippen molar-refractivity contribution in [3.63, 3.8) is 0 Å². The van der Waals surface area contributed by atoms with E-state index in [-0.39, 0.29) is 17.2 Å². The van der Waals surface area contributed by atoms with E-state index in [1.54, 1.807) is 31.2 Å². The van der Waals surface area contributed by atoms with Gasteiger partial charge >= 0.3 is 0 Å². The average molecular weight is 311 g/mol. The first kappa shape index (κ1) is 14.8. The van der Waals surface area contributed by atoms with Crippen LogP contribution in [0.25, 0.3) is 6.08 Å². The van der Waals surface area contributed by atoms with Crippen LogP contribution in [-0.4, -0.2) is 17.8 Å². The molecule has 0 amide bonds. The molecule has 0 aliphatic carbocycles. The van der Waals surface area contributed by atoms with Gasteiger partial charge < -0.3 is 9.47 Å². The SMILES string of the molecule is COc1cc(C)c2c(c1)O/C(=C\c1cccc([N+](=O)[O-])c1)C2=O. The molecule has 0 bridgehead atoms. The largest absolute Gasteiger partial charge is 0.497 e. The Hall–Kier alpha value is -3.15. The highest BCUT2D eigenvalue weighted by Gasteiger charge is 2.30. The van der Waals surface area contributed by atoms with Crippen LogP contribution < -0.4 is 9.47 Å². The van der Waals surface area contributed by atoms with Gasteiger partial charge in [0.1, 0.15) is 11.5 Å². The van der Waals surface area contributed by atoms with Crippen molar-refractivity contribution in [1.29, 1.82) is 0 Å². The highest BCUT2D eigenvalue weighted by molar-refractivity contribution is 6.15. The predicted octanol–water partition coefficient (Wildman–Crippen LogP) is 3.53. The number of carbonyl (C=O) groups is 1. The van der Waals surface area contributed by atoms with E-state index in [2.05, 4.69) is 0 Å². The zero-order chi connectivity index (χ0) is 16.6. The molecular formula is C17H13NO5. The summed E-state index contributed by atoms with van der Waals surface area (Å²) in [7, 11) is 1.54. The number of ketones is 1. The molecule has 1 aliphatic heterocycles. The number of nitro groups is 1. The fourth-order valence-corrected chi connectivity index (χ4v) is 2.47.